The van der Waals surface area contributed by atoms with Crippen molar-refractivity contribution in [2.24, 2.45) is 5.92 Å². The van der Waals surface area contributed by atoms with E-state index in [2.05, 4.69) is 29.5 Å². The highest BCUT2D eigenvalue weighted by molar-refractivity contribution is 6.33. The van der Waals surface area contributed by atoms with Gasteiger partial charge in [0.2, 0.25) is 0 Å². The molecule has 10 heteroatoms. The highest BCUT2D eigenvalue weighted by atomic mass is 35.5. The molecule has 1 heterocycles. The van der Waals surface area contributed by atoms with Gasteiger partial charge in [-0.15, -0.1) is 0 Å². The van der Waals surface area contributed by atoms with E-state index in [0.29, 0.717) is 42.6 Å². The molecule has 1 aromatic heterocycles. The van der Waals surface area contributed by atoms with Crippen molar-refractivity contribution in [2.75, 3.05) is 18.5 Å². The number of ether oxygens (including phenoxy) is 1. The molecule has 0 spiro atoms. The van der Waals surface area contributed by atoms with Crippen LogP contribution >= 0.6 is 11.6 Å². The molecule has 0 radical (unpaired) electrons. The van der Waals surface area contributed by atoms with Crippen LogP contribution in [0.1, 0.15) is 37.8 Å². The largest absolute Gasteiger partial charge is 0.490 e. The summed E-state index contributed by atoms with van der Waals surface area (Å²) in [5.41, 5.74) is 2.05. The predicted molar refractivity (Wildman–Crippen MR) is 142 cm³/mol. The lowest BCUT2D eigenvalue weighted by Gasteiger charge is -2.22. The van der Waals surface area contributed by atoms with Crippen LogP contribution in [0.3, 0.4) is 0 Å². The number of anilines is 1. The van der Waals surface area contributed by atoms with Gasteiger partial charge in [0.25, 0.3) is 0 Å². The van der Waals surface area contributed by atoms with Gasteiger partial charge >= 0.3 is 12.1 Å². The van der Waals surface area contributed by atoms with Crippen LogP contribution in [0.15, 0.2) is 60.8 Å². The Hall–Kier alpha value is -3.30. The number of halogens is 4. The van der Waals surface area contributed by atoms with Crippen molar-refractivity contribution in [3.05, 3.63) is 76.9 Å². The van der Waals surface area contributed by atoms with Crippen molar-refractivity contribution in [3.8, 4) is 17.0 Å². The minimum atomic E-state index is -4.46. The second-order valence-electron chi connectivity index (χ2n) is 9.37. The first kappa shape index (κ1) is 29.3. The molecule has 0 aliphatic heterocycles. The molecule has 0 unspecified atom stereocenters. The van der Waals surface area contributed by atoms with E-state index in [-0.39, 0.29) is 17.5 Å². The Balaban J connectivity index is 1.58. The van der Waals surface area contributed by atoms with Gasteiger partial charge in [0.1, 0.15) is 12.4 Å². The second kappa shape index (κ2) is 13.5. The highest BCUT2D eigenvalue weighted by Crippen LogP contribution is 2.35. The molecule has 3 N–H and O–H groups in total. The summed E-state index contributed by atoms with van der Waals surface area (Å²) in [5.74, 6) is 0.136. The molecule has 0 saturated carbocycles. The van der Waals surface area contributed by atoms with Crippen molar-refractivity contribution in [2.45, 2.75) is 45.5 Å². The van der Waals surface area contributed by atoms with E-state index in [0.717, 1.165) is 29.8 Å². The Morgan fingerprint density at radius 1 is 1.11 bits per heavy atom. The standard InChI is InChI=1S/C28H31ClF3N3O3/c1-18(2)13-22(35-21-6-3-19(4-7-21)15-33-12-11-27(36)37)17-38-23-8-10-26(34-16-23)24-9-5-20(14-25(24)29)28(30,31)32/h3-10,14,16,18,22,33,35H,11-13,15,17H2,1-2H3,(H,36,37)/t22-/m0/s1. The Morgan fingerprint density at radius 2 is 1.84 bits per heavy atom. The number of carboxylic acids is 1. The fourth-order valence-electron chi connectivity index (χ4n) is 3.84. The number of nitrogens with one attached hydrogen (secondary N) is 2. The normalized spacial score (nSPS) is 12.4. The van der Waals surface area contributed by atoms with Gasteiger partial charge in [0.15, 0.2) is 0 Å². The van der Waals surface area contributed by atoms with E-state index in [1.807, 2.05) is 24.3 Å². The van der Waals surface area contributed by atoms with Crippen LogP contribution in [-0.4, -0.2) is 35.3 Å². The second-order valence-corrected chi connectivity index (χ2v) is 9.78. The summed E-state index contributed by atoms with van der Waals surface area (Å²) in [6.07, 6.45) is -1.99. The van der Waals surface area contributed by atoms with Crippen molar-refractivity contribution in [1.82, 2.24) is 10.3 Å². The number of alkyl halides is 3. The maximum absolute atomic E-state index is 12.9. The molecule has 0 amide bonds. The molecule has 0 aliphatic rings. The molecule has 2 aromatic carbocycles. The number of carboxylic acid groups (broad SMARTS) is 1. The maximum Gasteiger partial charge on any atom is 0.416 e. The van der Waals surface area contributed by atoms with E-state index in [1.54, 1.807) is 12.1 Å². The fraction of sp³-hybridized carbons (Fsp3) is 0.357. The van der Waals surface area contributed by atoms with Gasteiger partial charge in [-0.05, 0) is 54.3 Å². The van der Waals surface area contributed by atoms with E-state index in [1.165, 1.54) is 12.3 Å². The number of hydrogen-bond acceptors (Lipinski definition) is 5. The van der Waals surface area contributed by atoms with Crippen molar-refractivity contribution < 1.29 is 27.8 Å². The van der Waals surface area contributed by atoms with Crippen molar-refractivity contribution in [1.29, 1.82) is 0 Å². The number of nitrogens with zero attached hydrogens (tertiary/aromatic N) is 1. The molecule has 0 fully saturated rings. The molecular weight excluding hydrogens is 519 g/mol. The minimum Gasteiger partial charge on any atom is -0.490 e. The number of rotatable bonds is 13. The highest BCUT2D eigenvalue weighted by Gasteiger charge is 2.31. The summed E-state index contributed by atoms with van der Waals surface area (Å²) in [5, 5.41) is 15.3. The van der Waals surface area contributed by atoms with Crippen LogP contribution in [0.2, 0.25) is 5.02 Å². The zero-order valence-electron chi connectivity index (χ0n) is 21.2. The van der Waals surface area contributed by atoms with Crippen LogP contribution in [0.4, 0.5) is 18.9 Å². The molecule has 6 nitrogen and oxygen atoms in total. The number of aromatic nitrogens is 1. The summed E-state index contributed by atoms with van der Waals surface area (Å²) in [7, 11) is 0. The molecule has 0 aliphatic carbocycles. The summed E-state index contributed by atoms with van der Waals surface area (Å²) in [4.78, 5) is 14.9. The molecular formula is C28H31ClF3N3O3. The van der Waals surface area contributed by atoms with Crippen LogP contribution < -0.4 is 15.4 Å². The Morgan fingerprint density at radius 3 is 2.42 bits per heavy atom. The summed E-state index contributed by atoms with van der Waals surface area (Å²) < 4.78 is 44.7. The molecule has 3 aromatic rings. The smallest absolute Gasteiger partial charge is 0.416 e. The zero-order valence-corrected chi connectivity index (χ0v) is 21.9. The van der Waals surface area contributed by atoms with Gasteiger partial charge in [-0.1, -0.05) is 43.6 Å². The Kier molecular flexibility index (Phi) is 10.4. The third-order valence-corrected chi connectivity index (χ3v) is 6.00. The molecule has 1 atom stereocenters. The van der Waals surface area contributed by atoms with E-state index >= 15 is 0 Å². The lowest BCUT2D eigenvalue weighted by molar-refractivity contribution is -0.138. The topological polar surface area (TPSA) is 83.5 Å². The lowest BCUT2D eigenvalue weighted by Crippen LogP contribution is -2.28. The first-order valence-corrected chi connectivity index (χ1v) is 12.6. The van der Waals surface area contributed by atoms with Gasteiger partial charge in [0.05, 0.1) is 34.9 Å². The van der Waals surface area contributed by atoms with E-state index < -0.39 is 17.7 Å². The fourth-order valence-corrected chi connectivity index (χ4v) is 4.12. The number of hydrogen-bond donors (Lipinski definition) is 3. The number of aliphatic carboxylic acids is 1. The van der Waals surface area contributed by atoms with Crippen LogP contribution in [0.5, 0.6) is 5.75 Å². The van der Waals surface area contributed by atoms with Crippen molar-refractivity contribution >= 4 is 23.3 Å². The number of pyridine rings is 1. The Bertz CT molecular complexity index is 1190. The van der Waals surface area contributed by atoms with Crippen LogP contribution in [0.25, 0.3) is 11.3 Å². The number of carbonyl (C=O) groups is 1. The summed E-state index contributed by atoms with van der Waals surface area (Å²) >= 11 is 6.09. The molecule has 38 heavy (non-hydrogen) atoms. The molecule has 3 rings (SSSR count). The first-order chi connectivity index (χ1) is 18.0. The van der Waals surface area contributed by atoms with Gasteiger partial charge in [0, 0.05) is 24.3 Å². The number of benzene rings is 2. The third-order valence-electron chi connectivity index (χ3n) is 5.69. The monoisotopic (exact) mass is 549 g/mol. The lowest BCUT2D eigenvalue weighted by atomic mass is 10.0. The van der Waals surface area contributed by atoms with Crippen LogP contribution in [-0.2, 0) is 17.5 Å². The van der Waals surface area contributed by atoms with Gasteiger partial charge in [-0.25, -0.2) is 0 Å². The summed E-state index contributed by atoms with van der Waals surface area (Å²) in [6.45, 7) is 5.65. The van der Waals surface area contributed by atoms with Gasteiger partial charge < -0.3 is 20.5 Å². The van der Waals surface area contributed by atoms with Gasteiger partial charge in [-0.2, -0.15) is 13.2 Å². The van der Waals surface area contributed by atoms with Crippen LogP contribution in [0, 0.1) is 5.92 Å². The third kappa shape index (κ3) is 9.22. The van der Waals surface area contributed by atoms with E-state index in [9.17, 15) is 18.0 Å². The SMILES string of the molecule is CC(C)C[C@@H](COc1ccc(-c2ccc(C(F)(F)F)cc2Cl)nc1)Nc1ccc(CNCCC(=O)O)cc1. The average molecular weight is 550 g/mol. The predicted octanol–water partition coefficient (Wildman–Crippen LogP) is 6.89. The quantitative estimate of drug-likeness (QED) is 0.201. The summed E-state index contributed by atoms with van der Waals surface area (Å²) in [6, 6.07) is 14.5. The molecule has 0 bridgehead atoms. The van der Waals surface area contributed by atoms with E-state index in [4.69, 9.17) is 21.4 Å². The first-order valence-electron chi connectivity index (χ1n) is 12.2. The maximum atomic E-state index is 12.9. The van der Waals surface area contributed by atoms with Crippen molar-refractivity contribution in [3.63, 3.8) is 0 Å². The Labute approximate surface area is 225 Å². The zero-order chi connectivity index (χ0) is 27.7. The molecule has 204 valence electrons. The average Bonchev–Trinajstić information content (AvgIpc) is 2.85. The minimum absolute atomic E-state index is 0.0238. The van der Waals surface area contributed by atoms with Gasteiger partial charge in [-0.3, -0.25) is 9.78 Å². The molecule has 0 saturated heterocycles.